The van der Waals surface area contributed by atoms with Crippen LogP contribution in [0.2, 0.25) is 0 Å². The van der Waals surface area contributed by atoms with Crippen LogP contribution in [0.1, 0.15) is 26.8 Å². The molecule has 7 nitrogen and oxygen atoms in total. The first kappa shape index (κ1) is 26.3. The third kappa shape index (κ3) is 6.40. The normalized spacial score (nSPS) is 17.6. The van der Waals surface area contributed by atoms with E-state index >= 15 is 0 Å². The summed E-state index contributed by atoms with van der Waals surface area (Å²) in [7, 11) is 0. The zero-order chi connectivity index (χ0) is 26.3. The van der Waals surface area contributed by atoms with Crippen LogP contribution in [0.25, 0.3) is 0 Å². The number of carbonyl (C=O) groups excluding carboxylic acids is 2. The molecule has 0 saturated carbocycles. The topological polar surface area (TPSA) is 62.3 Å². The molecule has 2 aliphatic rings. The number of carbonyl (C=O) groups is 2. The molecule has 0 aliphatic carbocycles. The van der Waals surface area contributed by atoms with E-state index in [1.807, 2.05) is 34.5 Å². The number of thiophene rings is 1. The number of amides is 2. The summed E-state index contributed by atoms with van der Waals surface area (Å²) in [5.41, 5.74) is 1.64. The maximum atomic E-state index is 13.8. The van der Waals surface area contributed by atoms with Gasteiger partial charge in [-0.25, -0.2) is 4.39 Å². The summed E-state index contributed by atoms with van der Waals surface area (Å²) in [6, 6.07) is 16.8. The van der Waals surface area contributed by atoms with Crippen molar-refractivity contribution in [2.75, 3.05) is 59.1 Å². The minimum absolute atomic E-state index is 0.00934. The Labute approximate surface area is 226 Å². The van der Waals surface area contributed by atoms with E-state index < -0.39 is 0 Å². The van der Waals surface area contributed by atoms with Crippen molar-refractivity contribution in [3.8, 4) is 5.75 Å². The second kappa shape index (κ2) is 12.5. The number of hydrogen-bond donors (Lipinski definition) is 0. The van der Waals surface area contributed by atoms with Crippen molar-refractivity contribution >= 4 is 23.2 Å². The molecule has 2 aliphatic heterocycles. The number of ether oxygens (including phenoxy) is 2. The van der Waals surface area contributed by atoms with Gasteiger partial charge in [0.15, 0.2) is 0 Å². The third-order valence-corrected chi connectivity index (χ3v) is 8.06. The fraction of sp³-hybridized carbons (Fsp3) is 0.379. The number of morpholine rings is 1. The molecule has 1 aromatic heterocycles. The van der Waals surface area contributed by atoms with Crippen LogP contribution in [0, 0.1) is 5.82 Å². The van der Waals surface area contributed by atoms with E-state index in [4.69, 9.17) is 9.47 Å². The predicted octanol–water partition coefficient (Wildman–Crippen LogP) is 3.87. The second-order valence-corrected chi connectivity index (χ2v) is 10.5. The number of benzene rings is 2. The van der Waals surface area contributed by atoms with Gasteiger partial charge in [-0.3, -0.25) is 14.5 Å². The molecule has 3 aromatic rings. The fourth-order valence-corrected chi connectivity index (χ4v) is 5.87. The Morgan fingerprint density at radius 1 is 1.03 bits per heavy atom. The molecule has 5 rings (SSSR count). The first-order chi connectivity index (χ1) is 18.6. The van der Waals surface area contributed by atoms with Crippen LogP contribution in [0.3, 0.4) is 0 Å². The zero-order valence-electron chi connectivity index (χ0n) is 21.3. The van der Waals surface area contributed by atoms with Crippen molar-refractivity contribution in [2.45, 2.75) is 12.5 Å². The summed E-state index contributed by atoms with van der Waals surface area (Å²) in [5.74, 6) is -0.0416. The van der Waals surface area contributed by atoms with Crippen molar-refractivity contribution in [1.29, 1.82) is 0 Å². The van der Waals surface area contributed by atoms with Gasteiger partial charge in [0, 0.05) is 43.2 Å². The molecular weight excluding hydrogens is 505 g/mol. The van der Waals surface area contributed by atoms with Gasteiger partial charge in [-0.15, -0.1) is 11.3 Å². The van der Waals surface area contributed by atoms with Crippen LogP contribution in [0.5, 0.6) is 5.75 Å². The Kier molecular flexibility index (Phi) is 8.68. The van der Waals surface area contributed by atoms with E-state index in [9.17, 15) is 14.0 Å². The molecule has 1 fully saturated rings. The third-order valence-electron chi connectivity index (χ3n) is 7.06. The summed E-state index contributed by atoms with van der Waals surface area (Å²) in [6.45, 7) is 4.92. The number of nitrogens with zero attached hydrogens (tertiary/aromatic N) is 3. The fourth-order valence-electron chi connectivity index (χ4n) is 4.94. The maximum Gasteiger partial charge on any atom is 0.254 e. The Morgan fingerprint density at radius 3 is 2.55 bits per heavy atom. The lowest BCUT2D eigenvalue weighted by Gasteiger charge is -2.37. The lowest BCUT2D eigenvalue weighted by atomic mass is 10.0. The van der Waals surface area contributed by atoms with Gasteiger partial charge in [-0.2, -0.15) is 0 Å². The second-order valence-electron chi connectivity index (χ2n) is 9.46. The lowest BCUT2D eigenvalue weighted by molar-refractivity contribution is -0.135. The summed E-state index contributed by atoms with van der Waals surface area (Å²) in [4.78, 5) is 34.3. The van der Waals surface area contributed by atoms with Gasteiger partial charge in [0.25, 0.3) is 5.91 Å². The Balaban J connectivity index is 1.32. The predicted molar refractivity (Wildman–Crippen MR) is 144 cm³/mol. The monoisotopic (exact) mass is 537 g/mol. The van der Waals surface area contributed by atoms with Gasteiger partial charge < -0.3 is 19.3 Å². The standard InChI is InChI=1S/C29H32FN3O4S/c30-23-6-8-24(9-7-23)37-21-26-25-11-19-38-27(25)10-12-33(26)28(34)20-32(14-13-31-15-17-36-18-16-31)29(35)22-4-2-1-3-5-22/h1-9,11,19,26H,10,12-18,20-21H2. The van der Waals surface area contributed by atoms with Crippen LogP contribution in [-0.4, -0.2) is 85.6 Å². The lowest BCUT2D eigenvalue weighted by Crippen LogP contribution is -2.49. The number of fused-ring (bicyclic) bond motifs is 1. The highest BCUT2D eigenvalue weighted by atomic mass is 32.1. The van der Waals surface area contributed by atoms with Crippen LogP contribution in [0.4, 0.5) is 4.39 Å². The summed E-state index contributed by atoms with van der Waals surface area (Å²) in [5, 5.41) is 2.04. The largest absolute Gasteiger partial charge is 0.491 e. The van der Waals surface area contributed by atoms with Crippen molar-refractivity contribution < 1.29 is 23.5 Å². The van der Waals surface area contributed by atoms with Gasteiger partial charge in [0.2, 0.25) is 5.91 Å². The van der Waals surface area contributed by atoms with Crippen molar-refractivity contribution in [3.05, 3.63) is 87.9 Å². The molecule has 1 atom stereocenters. The molecule has 0 bridgehead atoms. The van der Waals surface area contributed by atoms with E-state index in [1.165, 1.54) is 17.0 Å². The molecule has 200 valence electrons. The Hall–Kier alpha value is -3.27. The van der Waals surface area contributed by atoms with Gasteiger partial charge in [-0.1, -0.05) is 18.2 Å². The quantitative estimate of drug-likeness (QED) is 0.415. The molecule has 9 heteroatoms. The average Bonchev–Trinajstić information content (AvgIpc) is 3.45. The molecule has 0 spiro atoms. The molecule has 1 saturated heterocycles. The minimum atomic E-state index is -0.327. The minimum Gasteiger partial charge on any atom is -0.491 e. The Morgan fingerprint density at radius 2 is 1.79 bits per heavy atom. The summed E-state index contributed by atoms with van der Waals surface area (Å²) < 4.78 is 24.8. The van der Waals surface area contributed by atoms with E-state index in [0.717, 1.165) is 25.1 Å². The molecule has 1 unspecified atom stereocenters. The number of rotatable bonds is 9. The van der Waals surface area contributed by atoms with E-state index in [-0.39, 0.29) is 36.8 Å². The van der Waals surface area contributed by atoms with E-state index in [2.05, 4.69) is 4.90 Å². The number of hydrogen-bond acceptors (Lipinski definition) is 6. The highest BCUT2D eigenvalue weighted by Gasteiger charge is 2.33. The summed E-state index contributed by atoms with van der Waals surface area (Å²) in [6.07, 6.45) is 0.770. The molecule has 38 heavy (non-hydrogen) atoms. The van der Waals surface area contributed by atoms with Crippen LogP contribution < -0.4 is 4.74 Å². The van der Waals surface area contributed by atoms with E-state index in [0.29, 0.717) is 44.2 Å². The molecule has 3 heterocycles. The maximum absolute atomic E-state index is 13.8. The summed E-state index contributed by atoms with van der Waals surface area (Å²) >= 11 is 1.68. The molecular formula is C29H32FN3O4S. The highest BCUT2D eigenvalue weighted by molar-refractivity contribution is 7.10. The molecule has 0 N–H and O–H groups in total. The first-order valence-electron chi connectivity index (χ1n) is 13.0. The number of halogens is 1. The average molecular weight is 538 g/mol. The van der Waals surface area contributed by atoms with Crippen molar-refractivity contribution in [1.82, 2.24) is 14.7 Å². The Bertz CT molecular complexity index is 1210. The van der Waals surface area contributed by atoms with Gasteiger partial charge in [-0.05, 0) is 59.8 Å². The molecule has 2 aromatic carbocycles. The highest BCUT2D eigenvalue weighted by Crippen LogP contribution is 2.34. The molecule has 0 radical (unpaired) electrons. The first-order valence-corrected chi connectivity index (χ1v) is 13.8. The smallest absolute Gasteiger partial charge is 0.254 e. The van der Waals surface area contributed by atoms with Crippen LogP contribution in [-0.2, 0) is 16.0 Å². The van der Waals surface area contributed by atoms with Crippen molar-refractivity contribution in [3.63, 3.8) is 0 Å². The SMILES string of the molecule is O=C(c1ccccc1)N(CCN1CCOCC1)CC(=O)N1CCc2sccc2C1COc1ccc(F)cc1. The van der Waals surface area contributed by atoms with Crippen molar-refractivity contribution in [2.24, 2.45) is 0 Å². The van der Waals surface area contributed by atoms with Crippen LogP contribution in [0.15, 0.2) is 66.0 Å². The molecule has 2 amide bonds. The van der Waals surface area contributed by atoms with Gasteiger partial charge in [0.05, 0.1) is 19.3 Å². The van der Waals surface area contributed by atoms with Gasteiger partial charge in [0.1, 0.15) is 24.7 Å². The van der Waals surface area contributed by atoms with Crippen LogP contribution >= 0.6 is 11.3 Å². The van der Waals surface area contributed by atoms with Gasteiger partial charge >= 0.3 is 0 Å². The van der Waals surface area contributed by atoms with E-state index in [1.54, 1.807) is 40.5 Å². The zero-order valence-corrected chi connectivity index (χ0v) is 22.1.